The quantitative estimate of drug-likeness (QED) is 0.425. The van der Waals surface area contributed by atoms with Gasteiger partial charge in [0.15, 0.2) is 12.5 Å². The molecule has 3 rings (SSSR count). The summed E-state index contributed by atoms with van der Waals surface area (Å²) >= 11 is 0. The standard InChI is InChI=1S/C19H19F4N3O5.Li/c1-8(9-4-3-5-10(12(9)20)15(22)23)24-16-11(18-30-6-7-31-18)14(13(21)17(27)28)25-19(26-16)29-2;/h3-5,8,13,15,18H,6-7H2,1-2H3,(H,27,28)(H,24,25,26);/q;+1/p-1/t8-,13?;/m1./s1. The average molecular weight is 451 g/mol. The van der Waals surface area contributed by atoms with Gasteiger partial charge in [-0.25, -0.2) is 17.6 Å². The van der Waals surface area contributed by atoms with E-state index in [-0.39, 0.29) is 49.0 Å². The maximum absolute atomic E-state index is 14.6. The largest absolute Gasteiger partial charge is 1.00 e. The molecule has 0 saturated carbocycles. The van der Waals surface area contributed by atoms with Crippen LogP contribution in [0.3, 0.4) is 0 Å². The summed E-state index contributed by atoms with van der Waals surface area (Å²) in [6.45, 7) is 1.73. The molecular weight excluding hydrogens is 433 g/mol. The zero-order valence-corrected chi connectivity index (χ0v) is 17.4. The summed E-state index contributed by atoms with van der Waals surface area (Å²) in [7, 11) is 1.17. The van der Waals surface area contributed by atoms with Crippen LogP contribution < -0.4 is 34.0 Å². The van der Waals surface area contributed by atoms with Crippen LogP contribution in [-0.2, 0) is 14.3 Å². The minimum Gasteiger partial charge on any atom is -0.547 e. The van der Waals surface area contributed by atoms with Crippen LogP contribution in [0.15, 0.2) is 18.2 Å². The van der Waals surface area contributed by atoms with E-state index in [0.717, 1.165) is 6.07 Å². The van der Waals surface area contributed by atoms with Crippen molar-refractivity contribution >= 4 is 11.8 Å². The second-order valence-corrected chi connectivity index (χ2v) is 6.53. The number of nitrogens with one attached hydrogen (secondary N) is 1. The molecule has 1 N–H and O–H groups in total. The number of methoxy groups -OCH3 is 1. The van der Waals surface area contributed by atoms with Gasteiger partial charge < -0.3 is 29.4 Å². The Kier molecular flexibility index (Phi) is 8.86. The summed E-state index contributed by atoms with van der Waals surface area (Å²) in [5, 5.41) is 13.9. The van der Waals surface area contributed by atoms with Crippen LogP contribution in [0.1, 0.15) is 54.2 Å². The molecule has 0 spiro atoms. The van der Waals surface area contributed by atoms with Gasteiger partial charge in [-0.1, -0.05) is 18.2 Å². The molecule has 1 aliphatic heterocycles. The number of benzene rings is 1. The van der Waals surface area contributed by atoms with Gasteiger partial charge in [0.1, 0.15) is 11.6 Å². The molecule has 0 amide bonds. The molecule has 1 saturated heterocycles. The van der Waals surface area contributed by atoms with Gasteiger partial charge in [0.2, 0.25) is 0 Å². The van der Waals surface area contributed by atoms with Crippen molar-refractivity contribution in [3.63, 3.8) is 0 Å². The SMILES string of the molecule is COc1nc(N[C@H](C)c2cccc(C(F)F)c2F)c(C2OCCO2)c(C(F)C(=O)[O-])n1.[Li+]. The summed E-state index contributed by atoms with van der Waals surface area (Å²) < 4.78 is 70.7. The van der Waals surface area contributed by atoms with E-state index in [4.69, 9.17) is 14.2 Å². The Balaban J connectivity index is 0.00000363. The molecule has 2 heterocycles. The zero-order valence-electron chi connectivity index (χ0n) is 17.4. The van der Waals surface area contributed by atoms with E-state index < -0.39 is 54.0 Å². The van der Waals surface area contributed by atoms with Crippen LogP contribution in [0, 0.1) is 5.82 Å². The maximum atomic E-state index is 14.6. The second kappa shape index (κ2) is 11.0. The Morgan fingerprint density at radius 1 is 1.22 bits per heavy atom. The fraction of sp³-hybridized carbons (Fsp3) is 0.421. The third-order valence-corrected chi connectivity index (χ3v) is 4.55. The number of ether oxygens (including phenoxy) is 3. The number of carbonyl (C=O) groups is 1. The van der Waals surface area contributed by atoms with Crippen LogP contribution in [0.25, 0.3) is 0 Å². The minimum absolute atomic E-state index is 0. The molecule has 1 fully saturated rings. The number of aromatic nitrogens is 2. The monoisotopic (exact) mass is 451 g/mol. The first-order valence-electron chi connectivity index (χ1n) is 9.11. The van der Waals surface area contributed by atoms with Crippen LogP contribution in [0.4, 0.5) is 23.4 Å². The summed E-state index contributed by atoms with van der Waals surface area (Å²) in [5.74, 6) is -3.35. The Hall–Kier alpha value is -2.39. The summed E-state index contributed by atoms with van der Waals surface area (Å²) in [6.07, 6.45) is -6.91. The normalized spacial score (nSPS) is 15.8. The van der Waals surface area contributed by atoms with Crippen LogP contribution in [0.2, 0.25) is 0 Å². The summed E-state index contributed by atoms with van der Waals surface area (Å²) in [4.78, 5) is 18.9. The number of aliphatic carboxylic acids is 1. The molecule has 1 aliphatic rings. The van der Waals surface area contributed by atoms with Crippen molar-refractivity contribution in [3.8, 4) is 6.01 Å². The first-order chi connectivity index (χ1) is 14.7. The van der Waals surface area contributed by atoms with Gasteiger partial charge >= 0.3 is 24.9 Å². The smallest absolute Gasteiger partial charge is 0.547 e. The van der Waals surface area contributed by atoms with Crippen molar-refractivity contribution in [2.24, 2.45) is 0 Å². The third kappa shape index (κ3) is 5.32. The Bertz CT molecular complexity index is 963. The van der Waals surface area contributed by atoms with Gasteiger partial charge in [0, 0.05) is 5.56 Å². The number of nitrogens with zero attached hydrogens (tertiary/aromatic N) is 2. The van der Waals surface area contributed by atoms with Gasteiger partial charge in [-0.15, -0.1) is 0 Å². The number of carboxylic acids is 1. The fourth-order valence-electron chi connectivity index (χ4n) is 3.08. The van der Waals surface area contributed by atoms with E-state index in [9.17, 15) is 27.5 Å². The van der Waals surface area contributed by atoms with E-state index in [2.05, 4.69) is 15.3 Å². The van der Waals surface area contributed by atoms with Crippen LogP contribution in [0.5, 0.6) is 6.01 Å². The average Bonchev–Trinajstić information content (AvgIpc) is 3.26. The van der Waals surface area contributed by atoms with Gasteiger partial charge in [0.05, 0.1) is 49.2 Å². The van der Waals surface area contributed by atoms with Crippen LogP contribution in [-0.4, -0.2) is 36.3 Å². The number of carbonyl (C=O) groups excluding carboxylic acids is 1. The minimum atomic E-state index is -3.02. The topological polar surface area (TPSA) is 106 Å². The molecule has 1 aromatic heterocycles. The predicted molar refractivity (Wildman–Crippen MR) is 95.5 cm³/mol. The van der Waals surface area contributed by atoms with Gasteiger partial charge in [0.25, 0.3) is 6.43 Å². The number of anilines is 1. The molecule has 0 bridgehead atoms. The molecule has 2 aromatic rings. The zero-order chi connectivity index (χ0) is 22.7. The van der Waals surface area contributed by atoms with Crippen molar-refractivity contribution in [1.29, 1.82) is 0 Å². The number of rotatable bonds is 8. The second-order valence-electron chi connectivity index (χ2n) is 6.53. The van der Waals surface area contributed by atoms with Gasteiger partial charge in [-0.3, -0.25) is 0 Å². The molecule has 13 heteroatoms. The van der Waals surface area contributed by atoms with Crippen molar-refractivity contribution in [3.05, 3.63) is 46.4 Å². The van der Waals surface area contributed by atoms with Crippen molar-refractivity contribution in [1.82, 2.24) is 9.97 Å². The molecule has 1 unspecified atom stereocenters. The van der Waals surface area contributed by atoms with Crippen molar-refractivity contribution in [2.45, 2.75) is 31.9 Å². The first kappa shape index (κ1) is 25.9. The molecule has 168 valence electrons. The van der Waals surface area contributed by atoms with Crippen molar-refractivity contribution < 1.29 is 60.5 Å². The Morgan fingerprint density at radius 3 is 2.41 bits per heavy atom. The fourth-order valence-corrected chi connectivity index (χ4v) is 3.08. The van der Waals surface area contributed by atoms with E-state index >= 15 is 0 Å². The van der Waals surface area contributed by atoms with E-state index in [1.165, 1.54) is 26.2 Å². The summed E-state index contributed by atoms with van der Waals surface area (Å²) in [5.41, 5.74) is -1.72. The van der Waals surface area contributed by atoms with Gasteiger partial charge in [-0.2, -0.15) is 9.97 Å². The van der Waals surface area contributed by atoms with Gasteiger partial charge in [-0.05, 0) is 6.92 Å². The first-order valence-corrected chi connectivity index (χ1v) is 9.11. The number of halogens is 4. The van der Waals surface area contributed by atoms with Crippen LogP contribution >= 0.6 is 0 Å². The summed E-state index contributed by atoms with van der Waals surface area (Å²) in [6, 6.07) is 2.17. The molecule has 32 heavy (non-hydrogen) atoms. The van der Waals surface area contributed by atoms with Crippen molar-refractivity contribution in [2.75, 3.05) is 25.6 Å². The molecule has 2 atom stereocenters. The van der Waals surface area contributed by atoms with E-state index in [1.807, 2.05) is 0 Å². The number of alkyl halides is 3. The molecule has 0 aliphatic carbocycles. The van der Waals surface area contributed by atoms with E-state index in [0.29, 0.717) is 0 Å². The predicted octanol–water partition coefficient (Wildman–Crippen LogP) is -0.455. The Labute approximate surface area is 192 Å². The maximum Gasteiger partial charge on any atom is 1.00 e. The number of carboxylic acid groups (broad SMARTS) is 1. The Morgan fingerprint density at radius 2 is 1.84 bits per heavy atom. The molecule has 1 aromatic carbocycles. The van der Waals surface area contributed by atoms with E-state index in [1.54, 1.807) is 0 Å². The molecular formula is C19H18F4LiN3O5. The number of hydrogen-bond donors (Lipinski definition) is 1. The third-order valence-electron chi connectivity index (χ3n) is 4.55. The molecule has 0 radical (unpaired) electrons. The molecule has 8 nitrogen and oxygen atoms in total. The number of hydrogen-bond acceptors (Lipinski definition) is 8.